The molecule has 2 aromatic carbocycles. The van der Waals surface area contributed by atoms with E-state index in [2.05, 4.69) is 59.7 Å². The van der Waals surface area contributed by atoms with E-state index in [0.29, 0.717) is 0 Å². The first kappa shape index (κ1) is 11.8. The van der Waals surface area contributed by atoms with E-state index >= 15 is 0 Å². The lowest BCUT2D eigenvalue weighted by atomic mass is 10.1. The smallest absolute Gasteiger partial charge is 0.0729 e. The van der Waals surface area contributed by atoms with Gasteiger partial charge in [0.05, 0.1) is 16.9 Å². The van der Waals surface area contributed by atoms with E-state index in [-0.39, 0.29) is 0 Å². The second kappa shape index (κ2) is 4.25. The number of pyridine rings is 1. The Labute approximate surface area is 122 Å². The van der Waals surface area contributed by atoms with Gasteiger partial charge in [0.15, 0.2) is 0 Å². The standard InChI is InChI=1S/C17H14N2S/c1-10-7-11(2)18-14-9-15-17(8-12(10)14)20-16-6-4-3-5-13(16)19-15/h3-9,19H,1-2H3. The fourth-order valence-corrected chi connectivity index (χ4v) is 3.70. The molecule has 1 N–H and O–H groups in total. The van der Waals surface area contributed by atoms with Crippen LogP contribution in [0.2, 0.25) is 0 Å². The maximum Gasteiger partial charge on any atom is 0.0729 e. The number of hydrogen-bond donors (Lipinski definition) is 1. The van der Waals surface area contributed by atoms with E-state index in [0.717, 1.165) is 16.9 Å². The first-order chi connectivity index (χ1) is 9.70. The fraction of sp³-hybridized carbons (Fsp3) is 0.118. The molecule has 2 heterocycles. The van der Waals surface area contributed by atoms with Crippen molar-refractivity contribution >= 4 is 34.0 Å². The number of aromatic nitrogens is 1. The Bertz CT molecular complexity index is 840. The number of anilines is 2. The highest BCUT2D eigenvalue weighted by atomic mass is 32.2. The zero-order chi connectivity index (χ0) is 13.7. The second-order valence-corrected chi connectivity index (χ2v) is 6.25. The SMILES string of the molecule is Cc1cc(C)c2cc3c(cc2n1)Nc1ccccc1S3. The molecule has 0 bridgehead atoms. The quantitative estimate of drug-likeness (QED) is 0.486. The van der Waals surface area contributed by atoms with Crippen LogP contribution in [-0.2, 0) is 0 Å². The van der Waals surface area contributed by atoms with Crippen LogP contribution < -0.4 is 5.32 Å². The molecule has 0 amide bonds. The zero-order valence-corrected chi connectivity index (χ0v) is 12.2. The van der Waals surface area contributed by atoms with Gasteiger partial charge in [-0.15, -0.1) is 0 Å². The van der Waals surface area contributed by atoms with Gasteiger partial charge < -0.3 is 5.32 Å². The third kappa shape index (κ3) is 1.78. The molecule has 0 saturated carbocycles. The van der Waals surface area contributed by atoms with Gasteiger partial charge in [-0.05, 0) is 49.7 Å². The number of nitrogens with zero attached hydrogens (tertiary/aromatic N) is 1. The lowest BCUT2D eigenvalue weighted by molar-refractivity contribution is 1.22. The van der Waals surface area contributed by atoms with E-state index in [1.165, 1.54) is 26.4 Å². The average molecular weight is 278 g/mol. The zero-order valence-electron chi connectivity index (χ0n) is 11.4. The highest BCUT2D eigenvalue weighted by Crippen LogP contribution is 2.45. The van der Waals surface area contributed by atoms with E-state index in [4.69, 9.17) is 0 Å². The van der Waals surface area contributed by atoms with Gasteiger partial charge in [0, 0.05) is 20.9 Å². The molecule has 20 heavy (non-hydrogen) atoms. The summed E-state index contributed by atoms with van der Waals surface area (Å²) in [7, 11) is 0. The molecular formula is C17H14N2S. The molecule has 0 aliphatic carbocycles. The number of rotatable bonds is 0. The van der Waals surface area contributed by atoms with Crippen LogP contribution in [0.5, 0.6) is 0 Å². The first-order valence-electron chi connectivity index (χ1n) is 6.66. The Balaban J connectivity index is 1.94. The minimum atomic E-state index is 1.06. The number of benzene rings is 2. The molecule has 0 fully saturated rings. The molecule has 4 rings (SSSR count). The molecule has 0 unspecified atom stereocenters. The molecule has 1 aliphatic rings. The maximum absolute atomic E-state index is 4.65. The van der Waals surface area contributed by atoms with Crippen LogP contribution in [0.3, 0.4) is 0 Å². The molecule has 1 aliphatic heterocycles. The number of fused-ring (bicyclic) bond motifs is 3. The summed E-state index contributed by atoms with van der Waals surface area (Å²) >= 11 is 1.82. The number of para-hydroxylation sites is 1. The van der Waals surface area contributed by atoms with Crippen LogP contribution in [0.15, 0.2) is 52.3 Å². The number of nitrogens with one attached hydrogen (secondary N) is 1. The molecule has 0 spiro atoms. The lowest BCUT2D eigenvalue weighted by Crippen LogP contribution is -2.00. The van der Waals surface area contributed by atoms with Gasteiger partial charge in [0.2, 0.25) is 0 Å². The van der Waals surface area contributed by atoms with Gasteiger partial charge in [-0.25, -0.2) is 0 Å². The Hall–Kier alpha value is -2.00. The van der Waals surface area contributed by atoms with Gasteiger partial charge >= 0.3 is 0 Å². The van der Waals surface area contributed by atoms with Crippen molar-refractivity contribution in [3.63, 3.8) is 0 Å². The van der Waals surface area contributed by atoms with Crippen molar-refractivity contribution in [2.45, 2.75) is 23.6 Å². The molecule has 0 atom stereocenters. The summed E-state index contributed by atoms with van der Waals surface area (Å²) in [5.41, 5.74) is 5.75. The molecule has 3 heteroatoms. The number of aryl methyl sites for hydroxylation is 2. The Morgan fingerprint density at radius 2 is 1.80 bits per heavy atom. The summed E-state index contributed by atoms with van der Waals surface area (Å²) in [4.78, 5) is 7.19. The Kier molecular flexibility index (Phi) is 2.51. The van der Waals surface area contributed by atoms with Crippen molar-refractivity contribution in [2.75, 3.05) is 5.32 Å². The van der Waals surface area contributed by atoms with Crippen LogP contribution in [-0.4, -0.2) is 4.98 Å². The van der Waals surface area contributed by atoms with Gasteiger partial charge in [-0.1, -0.05) is 23.9 Å². The summed E-state index contributed by atoms with van der Waals surface area (Å²) in [5.74, 6) is 0. The van der Waals surface area contributed by atoms with Crippen molar-refractivity contribution in [1.29, 1.82) is 0 Å². The van der Waals surface area contributed by atoms with E-state index in [1.54, 1.807) is 0 Å². The highest BCUT2D eigenvalue weighted by molar-refractivity contribution is 7.99. The van der Waals surface area contributed by atoms with Crippen molar-refractivity contribution in [1.82, 2.24) is 4.98 Å². The van der Waals surface area contributed by atoms with Crippen LogP contribution in [0.1, 0.15) is 11.3 Å². The minimum absolute atomic E-state index is 1.06. The summed E-state index contributed by atoms with van der Waals surface area (Å²) < 4.78 is 0. The van der Waals surface area contributed by atoms with E-state index in [9.17, 15) is 0 Å². The monoisotopic (exact) mass is 278 g/mol. The third-order valence-corrected chi connectivity index (χ3v) is 4.75. The van der Waals surface area contributed by atoms with Gasteiger partial charge in [0.25, 0.3) is 0 Å². The molecular weight excluding hydrogens is 264 g/mol. The van der Waals surface area contributed by atoms with Crippen LogP contribution in [0.4, 0.5) is 11.4 Å². The minimum Gasteiger partial charge on any atom is -0.354 e. The molecule has 0 saturated heterocycles. The molecule has 98 valence electrons. The summed E-state index contributed by atoms with van der Waals surface area (Å²) in [5, 5.41) is 4.75. The van der Waals surface area contributed by atoms with Gasteiger partial charge in [-0.3, -0.25) is 4.98 Å². The second-order valence-electron chi connectivity index (χ2n) is 5.17. The molecule has 0 radical (unpaired) electrons. The molecule has 2 nitrogen and oxygen atoms in total. The predicted octanol–water partition coefficient (Wildman–Crippen LogP) is 5.06. The van der Waals surface area contributed by atoms with Crippen LogP contribution >= 0.6 is 11.8 Å². The largest absolute Gasteiger partial charge is 0.354 e. The fourth-order valence-electron chi connectivity index (χ4n) is 2.69. The van der Waals surface area contributed by atoms with Crippen molar-refractivity contribution in [3.05, 3.63) is 53.7 Å². The van der Waals surface area contributed by atoms with Gasteiger partial charge in [-0.2, -0.15) is 0 Å². The average Bonchev–Trinajstić information content (AvgIpc) is 2.43. The highest BCUT2D eigenvalue weighted by Gasteiger charge is 2.16. The van der Waals surface area contributed by atoms with Crippen LogP contribution in [0.25, 0.3) is 10.9 Å². The Morgan fingerprint density at radius 1 is 0.950 bits per heavy atom. The van der Waals surface area contributed by atoms with Crippen molar-refractivity contribution in [3.8, 4) is 0 Å². The van der Waals surface area contributed by atoms with Crippen molar-refractivity contribution in [2.24, 2.45) is 0 Å². The summed E-state index contributed by atoms with van der Waals surface area (Å²) in [6.07, 6.45) is 0. The summed E-state index contributed by atoms with van der Waals surface area (Å²) in [6.45, 7) is 4.20. The maximum atomic E-state index is 4.65. The lowest BCUT2D eigenvalue weighted by Gasteiger charge is -2.21. The van der Waals surface area contributed by atoms with Crippen LogP contribution in [0, 0.1) is 13.8 Å². The Morgan fingerprint density at radius 3 is 2.70 bits per heavy atom. The number of hydrogen-bond acceptors (Lipinski definition) is 3. The predicted molar refractivity (Wildman–Crippen MR) is 85.1 cm³/mol. The molecule has 3 aromatic rings. The summed E-state index contributed by atoms with van der Waals surface area (Å²) in [6, 6.07) is 15.0. The normalized spacial score (nSPS) is 12.7. The topological polar surface area (TPSA) is 24.9 Å². The molecule has 1 aromatic heterocycles. The first-order valence-corrected chi connectivity index (χ1v) is 7.48. The third-order valence-electron chi connectivity index (χ3n) is 3.62. The van der Waals surface area contributed by atoms with E-state index in [1.807, 2.05) is 18.7 Å². The van der Waals surface area contributed by atoms with E-state index < -0.39 is 0 Å². The van der Waals surface area contributed by atoms with Crippen molar-refractivity contribution < 1.29 is 0 Å². The van der Waals surface area contributed by atoms with Gasteiger partial charge in [0.1, 0.15) is 0 Å².